The Balaban J connectivity index is 1.30. The first-order chi connectivity index (χ1) is 22.2. The molecule has 2 atom stereocenters. The lowest BCUT2D eigenvalue weighted by Gasteiger charge is -2.27. The summed E-state index contributed by atoms with van der Waals surface area (Å²) in [7, 11) is 0. The summed E-state index contributed by atoms with van der Waals surface area (Å²) in [5.41, 5.74) is -1.21. The number of aliphatic hydroxyl groups is 2. The van der Waals surface area contributed by atoms with Crippen LogP contribution in [0.15, 0.2) is 60.8 Å². The molecule has 4 aromatic rings. The molecule has 1 aliphatic carbocycles. The van der Waals surface area contributed by atoms with Crippen LogP contribution in [0.4, 0.5) is 4.39 Å². The van der Waals surface area contributed by atoms with Gasteiger partial charge in [-0.05, 0) is 95.5 Å². The van der Waals surface area contributed by atoms with E-state index in [0.29, 0.717) is 45.8 Å². The van der Waals surface area contributed by atoms with Crippen molar-refractivity contribution >= 4 is 22.7 Å². The number of amides is 2. The summed E-state index contributed by atoms with van der Waals surface area (Å²) in [4.78, 5) is 36.2. The summed E-state index contributed by atoms with van der Waals surface area (Å²) in [5, 5.41) is 28.4. The molecule has 6 rings (SSSR count). The van der Waals surface area contributed by atoms with Crippen LogP contribution < -0.4 is 20.1 Å². The van der Waals surface area contributed by atoms with Gasteiger partial charge in [0.2, 0.25) is 5.91 Å². The molecule has 1 saturated carbocycles. The molecular weight excluding hydrogens is 603 g/mol. The zero-order valence-electron chi connectivity index (χ0n) is 26.9. The number of halogens is 1. The molecule has 1 aliphatic heterocycles. The minimum absolute atomic E-state index is 0.0109. The van der Waals surface area contributed by atoms with E-state index in [9.17, 15) is 24.2 Å². The van der Waals surface area contributed by atoms with Crippen LogP contribution in [0.2, 0.25) is 0 Å². The number of hydrogen-bond acceptors (Lipinski definition) is 8. The first-order valence-electron chi connectivity index (χ1n) is 15.7. The molecule has 47 heavy (non-hydrogen) atoms. The van der Waals surface area contributed by atoms with Crippen molar-refractivity contribution in [3.05, 3.63) is 83.4 Å². The van der Waals surface area contributed by atoms with Crippen LogP contribution >= 0.6 is 0 Å². The number of ether oxygens (including phenoxy) is 2. The Morgan fingerprint density at radius 1 is 1.09 bits per heavy atom. The summed E-state index contributed by atoms with van der Waals surface area (Å²) in [5.74, 6) is -0.273. The molecular formula is C36H39FN4O6. The topological polar surface area (TPSA) is 143 Å². The first-order valence-corrected chi connectivity index (χ1v) is 15.7. The maximum absolute atomic E-state index is 13.9. The molecule has 0 spiro atoms. The van der Waals surface area contributed by atoms with Crippen LogP contribution in [0.5, 0.6) is 11.5 Å². The summed E-state index contributed by atoms with van der Waals surface area (Å²) >= 11 is 0. The van der Waals surface area contributed by atoms with Gasteiger partial charge in [-0.3, -0.25) is 14.6 Å². The average molecular weight is 643 g/mol. The number of aromatic nitrogens is 2. The molecule has 4 N–H and O–H groups in total. The van der Waals surface area contributed by atoms with E-state index in [-0.39, 0.29) is 37.4 Å². The Hall–Kier alpha value is -4.61. The lowest BCUT2D eigenvalue weighted by molar-refractivity contribution is -0.126. The van der Waals surface area contributed by atoms with Crippen LogP contribution in [0, 0.1) is 5.82 Å². The van der Waals surface area contributed by atoms with Crippen LogP contribution in [0.25, 0.3) is 22.2 Å². The molecule has 2 aliphatic rings. The Labute approximate surface area is 272 Å². The number of rotatable bonds is 11. The number of nitrogens with one attached hydrogen (secondary N) is 2. The van der Waals surface area contributed by atoms with Crippen LogP contribution in [-0.4, -0.2) is 63.4 Å². The van der Waals surface area contributed by atoms with E-state index in [1.54, 1.807) is 63.4 Å². The third kappa shape index (κ3) is 6.91. The number of hydrogen-bond donors (Lipinski definition) is 4. The van der Waals surface area contributed by atoms with E-state index < -0.39 is 28.3 Å². The van der Waals surface area contributed by atoms with Gasteiger partial charge in [-0.2, -0.15) is 0 Å². The van der Waals surface area contributed by atoms with Crippen LogP contribution in [0.3, 0.4) is 0 Å². The molecule has 11 heteroatoms. The fourth-order valence-electron chi connectivity index (χ4n) is 5.52. The van der Waals surface area contributed by atoms with Crippen molar-refractivity contribution < 1.29 is 33.7 Å². The first kappa shape index (κ1) is 32.3. The van der Waals surface area contributed by atoms with E-state index in [2.05, 4.69) is 15.6 Å². The molecule has 0 saturated heterocycles. The molecule has 246 valence electrons. The minimum atomic E-state index is -1.69. The number of nitrogens with zero attached hydrogens (tertiary/aromatic N) is 2. The highest BCUT2D eigenvalue weighted by atomic mass is 19.1. The zero-order valence-corrected chi connectivity index (χ0v) is 26.9. The van der Waals surface area contributed by atoms with Crippen molar-refractivity contribution in [1.29, 1.82) is 0 Å². The molecule has 3 heterocycles. The van der Waals surface area contributed by atoms with Crippen molar-refractivity contribution in [2.24, 2.45) is 0 Å². The van der Waals surface area contributed by atoms with Gasteiger partial charge in [0.25, 0.3) is 5.91 Å². The highest BCUT2D eigenvalue weighted by molar-refractivity contribution is 6.00. The van der Waals surface area contributed by atoms with Gasteiger partial charge in [0.15, 0.2) is 0 Å². The Morgan fingerprint density at radius 2 is 1.83 bits per heavy atom. The molecule has 2 aromatic carbocycles. The van der Waals surface area contributed by atoms with E-state index in [1.165, 1.54) is 19.1 Å². The Bertz CT molecular complexity index is 1830. The largest absolute Gasteiger partial charge is 0.489 e. The SMILES string of the molecule is CC(C)(O)CCNC(=O)[C@@]1(C)COc2c1cc([C@@](C)(O)CNC(=O)c1cc(OC3CC3)c3ncccc3c1)nc2-c1ccc(F)cc1. The van der Waals surface area contributed by atoms with Crippen molar-refractivity contribution in [2.75, 3.05) is 19.7 Å². The summed E-state index contributed by atoms with van der Waals surface area (Å²) in [6.45, 7) is 6.65. The van der Waals surface area contributed by atoms with Gasteiger partial charge in [0, 0.05) is 34.8 Å². The Kier molecular flexibility index (Phi) is 8.39. The van der Waals surface area contributed by atoms with E-state index in [4.69, 9.17) is 14.5 Å². The monoisotopic (exact) mass is 642 g/mol. The molecule has 2 amide bonds. The Morgan fingerprint density at radius 3 is 2.53 bits per heavy atom. The molecule has 0 unspecified atom stereocenters. The van der Waals surface area contributed by atoms with Gasteiger partial charge in [-0.1, -0.05) is 6.07 Å². The maximum Gasteiger partial charge on any atom is 0.251 e. The van der Waals surface area contributed by atoms with Crippen molar-refractivity contribution in [3.8, 4) is 22.8 Å². The second-order valence-electron chi connectivity index (χ2n) is 13.5. The van der Waals surface area contributed by atoms with Crippen molar-refractivity contribution in [1.82, 2.24) is 20.6 Å². The molecule has 2 aromatic heterocycles. The van der Waals surface area contributed by atoms with Crippen LogP contribution in [0.1, 0.15) is 68.6 Å². The highest BCUT2D eigenvalue weighted by Crippen LogP contribution is 2.45. The number of carbonyl (C=O) groups excluding carboxylic acids is 2. The third-order valence-corrected chi connectivity index (χ3v) is 8.61. The van der Waals surface area contributed by atoms with Crippen molar-refractivity contribution in [3.63, 3.8) is 0 Å². The lowest BCUT2D eigenvalue weighted by atomic mass is 9.81. The predicted molar refractivity (Wildman–Crippen MR) is 174 cm³/mol. The van der Waals surface area contributed by atoms with Crippen molar-refractivity contribution in [2.45, 2.75) is 69.7 Å². The molecule has 1 fully saturated rings. The van der Waals surface area contributed by atoms with Gasteiger partial charge < -0.3 is 30.3 Å². The number of benzene rings is 2. The molecule has 0 bridgehead atoms. The molecule has 0 radical (unpaired) electrons. The second-order valence-corrected chi connectivity index (χ2v) is 13.5. The van der Waals surface area contributed by atoms with Gasteiger partial charge in [-0.15, -0.1) is 0 Å². The van der Waals surface area contributed by atoms with Gasteiger partial charge in [-0.25, -0.2) is 9.37 Å². The van der Waals surface area contributed by atoms with Gasteiger partial charge >= 0.3 is 0 Å². The summed E-state index contributed by atoms with van der Waals surface area (Å²) < 4.78 is 26.0. The minimum Gasteiger partial charge on any atom is -0.489 e. The fourth-order valence-corrected chi connectivity index (χ4v) is 5.52. The van der Waals surface area contributed by atoms with E-state index >= 15 is 0 Å². The summed E-state index contributed by atoms with van der Waals surface area (Å²) in [6, 6.07) is 14.4. The predicted octanol–water partition coefficient (Wildman–Crippen LogP) is 4.54. The fraction of sp³-hybridized carbons (Fsp3) is 0.389. The molecule has 10 nitrogen and oxygen atoms in total. The van der Waals surface area contributed by atoms with E-state index in [1.807, 2.05) is 6.07 Å². The van der Waals surface area contributed by atoms with Gasteiger partial charge in [0.05, 0.1) is 23.9 Å². The van der Waals surface area contributed by atoms with Gasteiger partial charge in [0.1, 0.15) is 46.1 Å². The number of carbonyl (C=O) groups is 2. The average Bonchev–Trinajstić information content (AvgIpc) is 3.79. The quantitative estimate of drug-likeness (QED) is 0.187. The number of pyridine rings is 2. The smallest absolute Gasteiger partial charge is 0.251 e. The lowest BCUT2D eigenvalue weighted by Crippen LogP contribution is -2.45. The number of fused-ring (bicyclic) bond motifs is 2. The zero-order chi connectivity index (χ0) is 33.6. The second kappa shape index (κ2) is 12.2. The van der Waals surface area contributed by atoms with Crippen LogP contribution in [-0.2, 0) is 15.8 Å². The standard InChI is InChI=1S/C36H39FN4O6/c1-34(2,44)13-15-39-33(43)35(3)20-46-31-26(35)18-28(41-30(31)21-7-9-24(37)10-8-21)36(4,45)19-40-32(42)23-16-22-6-5-14-38-29(22)27(17-23)47-25-11-12-25/h5-10,14,16-18,25,44-45H,11-13,15,19-20H2,1-4H3,(H,39,43)(H,40,42)/t35-,36-/m0/s1. The normalized spacial score (nSPS) is 18.6. The van der Waals surface area contributed by atoms with E-state index in [0.717, 1.165) is 18.2 Å². The maximum atomic E-state index is 13.9. The highest BCUT2D eigenvalue weighted by Gasteiger charge is 2.46. The third-order valence-electron chi connectivity index (χ3n) is 8.61. The summed E-state index contributed by atoms with van der Waals surface area (Å²) in [6.07, 6.45) is 4.04.